The van der Waals surface area contributed by atoms with Crippen LogP contribution in [0.3, 0.4) is 0 Å². The number of ether oxygens (including phenoxy) is 2. The average molecular weight is 1020 g/mol. The van der Waals surface area contributed by atoms with Gasteiger partial charge in [0.05, 0.1) is 26.4 Å². The summed E-state index contributed by atoms with van der Waals surface area (Å²) in [6, 6.07) is 0. The van der Waals surface area contributed by atoms with E-state index in [2.05, 4.69) is 13.8 Å². The molecule has 0 rings (SSSR count). The minimum atomic E-state index is -4.64. The van der Waals surface area contributed by atoms with Crippen molar-refractivity contribution >= 4 is 19.8 Å². The highest BCUT2D eigenvalue weighted by Gasteiger charge is 2.27. The van der Waals surface area contributed by atoms with Crippen LogP contribution in [0.25, 0.3) is 0 Å². The number of aliphatic hydroxyl groups is 2. The zero-order valence-corrected chi connectivity index (χ0v) is 47.2. The van der Waals surface area contributed by atoms with Crippen LogP contribution in [0.2, 0.25) is 0 Å². The van der Waals surface area contributed by atoms with Crippen LogP contribution in [0, 0.1) is 0 Å². The Balaban J connectivity index is 3.70. The molecule has 0 aliphatic heterocycles. The maximum absolute atomic E-state index is 12.5. The van der Waals surface area contributed by atoms with Crippen LogP contribution < -0.4 is 0 Å². The number of phosphoric ester groups is 1. The third-order valence-corrected chi connectivity index (χ3v) is 15.0. The highest BCUT2D eigenvalue weighted by atomic mass is 31.2. The number of hydrogen-bond donors (Lipinski definition) is 3. The summed E-state index contributed by atoms with van der Waals surface area (Å²) >= 11 is 0. The first-order valence-corrected chi connectivity index (χ1v) is 32.0. The molecule has 0 aromatic carbocycles. The third-order valence-electron chi connectivity index (χ3n) is 14.1. The molecule has 0 aromatic rings. The fourth-order valence-electron chi connectivity index (χ4n) is 9.42. The van der Waals surface area contributed by atoms with Gasteiger partial charge in [0, 0.05) is 12.8 Å². The molecule has 3 N–H and O–H groups in total. The molecular formula is C59H117O10P. The smallest absolute Gasteiger partial charge is 0.457 e. The van der Waals surface area contributed by atoms with Crippen molar-refractivity contribution in [1.29, 1.82) is 0 Å². The van der Waals surface area contributed by atoms with Gasteiger partial charge in [0.2, 0.25) is 0 Å². The van der Waals surface area contributed by atoms with Crippen molar-refractivity contribution in [2.45, 2.75) is 341 Å². The standard InChI is InChI=1S/C59H117O10P/c1-3-5-7-9-11-13-15-17-19-21-23-25-27-29-31-33-35-37-39-41-43-45-47-49-51-59(63)69-57(53-61)55-67-70(64,65)66-54-56(52-60)68-58(62)50-48-46-44-42-40-38-36-34-32-30-28-26-24-22-20-18-16-14-12-10-8-6-4-2/h56-57,60-61H,3-55H2,1-2H3,(H,64,65). The number of hydrogen-bond acceptors (Lipinski definition) is 9. The van der Waals surface area contributed by atoms with Crippen molar-refractivity contribution in [3.8, 4) is 0 Å². The van der Waals surface area contributed by atoms with Gasteiger partial charge in [-0.3, -0.25) is 18.6 Å². The number of esters is 2. The van der Waals surface area contributed by atoms with Crippen LogP contribution in [-0.4, -0.2) is 65.7 Å². The average Bonchev–Trinajstić information content (AvgIpc) is 3.35. The van der Waals surface area contributed by atoms with E-state index < -0.39 is 58.4 Å². The molecule has 0 bridgehead atoms. The Kier molecular flexibility index (Phi) is 54.9. The number of unbranched alkanes of at least 4 members (excludes halogenated alkanes) is 45. The maximum Gasteiger partial charge on any atom is 0.472 e. The molecule has 418 valence electrons. The molecule has 0 aliphatic carbocycles. The van der Waals surface area contributed by atoms with Crippen LogP contribution >= 0.6 is 7.82 Å². The van der Waals surface area contributed by atoms with Gasteiger partial charge in [0.25, 0.3) is 0 Å². The van der Waals surface area contributed by atoms with E-state index in [1.807, 2.05) is 0 Å². The van der Waals surface area contributed by atoms with E-state index in [0.29, 0.717) is 12.8 Å². The van der Waals surface area contributed by atoms with Gasteiger partial charge in [0.1, 0.15) is 12.2 Å². The summed E-state index contributed by atoms with van der Waals surface area (Å²) in [5.74, 6) is -0.994. The van der Waals surface area contributed by atoms with Gasteiger partial charge in [0.15, 0.2) is 0 Å². The molecule has 10 nitrogen and oxygen atoms in total. The maximum atomic E-state index is 12.5. The zero-order chi connectivity index (χ0) is 51.1. The molecule has 0 fully saturated rings. The lowest BCUT2D eigenvalue weighted by Crippen LogP contribution is -2.28. The molecule has 0 spiro atoms. The molecule has 0 saturated carbocycles. The summed E-state index contributed by atoms with van der Waals surface area (Å²) in [5.41, 5.74) is 0. The minimum absolute atomic E-state index is 0.201. The van der Waals surface area contributed by atoms with Gasteiger partial charge in [-0.15, -0.1) is 0 Å². The number of rotatable bonds is 59. The van der Waals surface area contributed by atoms with E-state index in [1.54, 1.807) is 0 Å². The summed E-state index contributed by atoms with van der Waals surface area (Å²) in [4.78, 5) is 34.8. The third kappa shape index (κ3) is 53.3. The van der Waals surface area contributed by atoms with E-state index in [0.717, 1.165) is 38.5 Å². The fraction of sp³-hybridized carbons (Fsp3) is 0.966. The van der Waals surface area contributed by atoms with E-state index in [1.165, 1.54) is 250 Å². The molecule has 70 heavy (non-hydrogen) atoms. The molecule has 0 saturated heterocycles. The number of carbonyl (C=O) groups is 2. The van der Waals surface area contributed by atoms with E-state index in [4.69, 9.17) is 18.5 Å². The van der Waals surface area contributed by atoms with Crippen molar-refractivity contribution in [2.75, 3.05) is 26.4 Å². The highest BCUT2D eigenvalue weighted by molar-refractivity contribution is 7.47. The molecule has 3 unspecified atom stereocenters. The van der Waals surface area contributed by atoms with Gasteiger partial charge >= 0.3 is 19.8 Å². The number of carbonyl (C=O) groups excluding carboxylic acids is 2. The molecule has 0 heterocycles. The molecule has 0 amide bonds. The summed E-state index contributed by atoms with van der Waals surface area (Å²) < 4.78 is 32.9. The van der Waals surface area contributed by atoms with Gasteiger partial charge in [-0.25, -0.2) is 4.57 Å². The SMILES string of the molecule is CCCCCCCCCCCCCCCCCCCCCCCCCCC(=O)OC(CO)COP(=O)(O)OCC(CO)OC(=O)CCCCCCCCCCCCCCCCCCCCCCCCC. The molecule has 0 aliphatic rings. The summed E-state index contributed by atoms with van der Waals surface area (Å²) in [6.45, 7) is 2.31. The second-order valence-electron chi connectivity index (χ2n) is 21.1. The number of phosphoric acid groups is 1. The Labute approximate surface area is 433 Å². The van der Waals surface area contributed by atoms with Crippen molar-refractivity contribution < 1.29 is 47.8 Å². The van der Waals surface area contributed by atoms with Crippen LogP contribution in [0.5, 0.6) is 0 Å². The van der Waals surface area contributed by atoms with Crippen molar-refractivity contribution in [1.82, 2.24) is 0 Å². The van der Waals surface area contributed by atoms with Gasteiger partial charge in [-0.1, -0.05) is 303 Å². The van der Waals surface area contributed by atoms with Gasteiger partial charge in [-0.2, -0.15) is 0 Å². The van der Waals surface area contributed by atoms with Gasteiger partial charge in [-0.05, 0) is 12.8 Å². The Morgan fingerprint density at radius 3 is 0.671 bits per heavy atom. The summed E-state index contributed by atoms with van der Waals surface area (Å²) in [5, 5.41) is 19.3. The van der Waals surface area contributed by atoms with Crippen molar-refractivity contribution in [3.05, 3.63) is 0 Å². The van der Waals surface area contributed by atoms with Crippen LogP contribution in [0.15, 0.2) is 0 Å². The monoisotopic (exact) mass is 1020 g/mol. The van der Waals surface area contributed by atoms with Crippen LogP contribution in [0.1, 0.15) is 328 Å². The predicted octanol–water partition coefficient (Wildman–Crippen LogP) is 18.1. The first-order chi connectivity index (χ1) is 34.3. The Morgan fingerprint density at radius 2 is 0.500 bits per heavy atom. The molecule has 0 radical (unpaired) electrons. The quantitative estimate of drug-likeness (QED) is 0.0305. The lowest BCUT2D eigenvalue weighted by Gasteiger charge is -2.20. The predicted molar refractivity (Wildman–Crippen MR) is 293 cm³/mol. The molecule has 3 atom stereocenters. The van der Waals surface area contributed by atoms with Crippen molar-refractivity contribution in [3.63, 3.8) is 0 Å². The Bertz CT molecular complexity index is 1120. The molecular weight excluding hydrogens is 900 g/mol. The van der Waals surface area contributed by atoms with Crippen LogP contribution in [-0.2, 0) is 32.7 Å². The first-order valence-electron chi connectivity index (χ1n) is 30.5. The van der Waals surface area contributed by atoms with Gasteiger partial charge < -0.3 is 24.6 Å². The second-order valence-corrected chi connectivity index (χ2v) is 22.5. The Hall–Kier alpha value is -1.03. The molecule has 0 aromatic heterocycles. The number of aliphatic hydroxyl groups excluding tert-OH is 2. The molecule has 11 heteroatoms. The lowest BCUT2D eigenvalue weighted by molar-refractivity contribution is -0.153. The fourth-order valence-corrected chi connectivity index (χ4v) is 10.2. The second kappa shape index (κ2) is 55.7. The lowest BCUT2D eigenvalue weighted by atomic mass is 10.0. The van der Waals surface area contributed by atoms with E-state index in [-0.39, 0.29) is 12.8 Å². The topological polar surface area (TPSA) is 149 Å². The zero-order valence-electron chi connectivity index (χ0n) is 46.3. The summed E-state index contributed by atoms with van der Waals surface area (Å²) in [7, 11) is -4.64. The minimum Gasteiger partial charge on any atom is -0.457 e. The van der Waals surface area contributed by atoms with Crippen LogP contribution in [0.4, 0.5) is 0 Å². The first kappa shape index (κ1) is 69.0. The Morgan fingerprint density at radius 1 is 0.329 bits per heavy atom. The highest BCUT2D eigenvalue weighted by Crippen LogP contribution is 2.43. The van der Waals surface area contributed by atoms with E-state index in [9.17, 15) is 29.3 Å². The summed E-state index contributed by atoms with van der Waals surface area (Å²) in [6.07, 6.45) is 59.6. The van der Waals surface area contributed by atoms with E-state index >= 15 is 0 Å². The largest absolute Gasteiger partial charge is 0.472 e. The van der Waals surface area contributed by atoms with Crippen molar-refractivity contribution in [2.24, 2.45) is 0 Å². The normalized spacial score (nSPS) is 13.4.